The number of hydrogen-bond acceptors (Lipinski definition) is 2. The number of likely N-dealkylation sites (N-methyl/N-ethyl adjacent to an activating group) is 1. The highest BCUT2D eigenvalue weighted by Gasteiger charge is 2.44. The summed E-state index contributed by atoms with van der Waals surface area (Å²) in [4.78, 5) is 2.34. The lowest BCUT2D eigenvalue weighted by Crippen LogP contribution is -2.48. The van der Waals surface area contributed by atoms with E-state index < -0.39 is 0 Å². The Balaban J connectivity index is 2.09. The van der Waals surface area contributed by atoms with E-state index in [0.717, 1.165) is 13.2 Å². The number of hydrogen-bond donors (Lipinski definition) is 0. The molecule has 1 aliphatic carbocycles. The van der Waals surface area contributed by atoms with Crippen molar-refractivity contribution in [2.24, 2.45) is 0 Å². The average molecular weight is 127 g/mol. The van der Waals surface area contributed by atoms with Crippen molar-refractivity contribution in [3.05, 3.63) is 0 Å². The van der Waals surface area contributed by atoms with Gasteiger partial charge in [-0.1, -0.05) is 0 Å². The first-order valence-corrected chi connectivity index (χ1v) is 3.69. The Morgan fingerprint density at radius 1 is 1.44 bits per heavy atom. The molecule has 0 unspecified atom stereocenters. The summed E-state index contributed by atoms with van der Waals surface area (Å²) in [5.41, 5.74) is 0.208. The third kappa shape index (κ3) is 0.634. The van der Waals surface area contributed by atoms with Crippen LogP contribution in [0.1, 0.15) is 19.3 Å². The maximum absolute atomic E-state index is 5.61. The minimum Gasteiger partial charge on any atom is -0.359 e. The van der Waals surface area contributed by atoms with E-state index in [1.54, 1.807) is 0 Å². The van der Waals surface area contributed by atoms with Gasteiger partial charge in [-0.3, -0.25) is 4.90 Å². The van der Waals surface area contributed by atoms with Gasteiger partial charge < -0.3 is 4.74 Å². The van der Waals surface area contributed by atoms with Crippen molar-refractivity contribution in [1.82, 2.24) is 4.90 Å². The van der Waals surface area contributed by atoms with E-state index in [9.17, 15) is 0 Å². The van der Waals surface area contributed by atoms with Gasteiger partial charge in [0.25, 0.3) is 0 Å². The van der Waals surface area contributed by atoms with Crippen molar-refractivity contribution in [3.63, 3.8) is 0 Å². The molecular formula is C7H13NO. The van der Waals surface area contributed by atoms with E-state index in [0.29, 0.717) is 0 Å². The van der Waals surface area contributed by atoms with Crippen LogP contribution in [0, 0.1) is 0 Å². The second-order valence-electron chi connectivity index (χ2n) is 3.07. The fourth-order valence-corrected chi connectivity index (χ4v) is 1.69. The lowest BCUT2D eigenvalue weighted by molar-refractivity contribution is -0.129. The second kappa shape index (κ2) is 1.70. The highest BCUT2D eigenvalue weighted by molar-refractivity contribution is 4.91. The Kier molecular flexibility index (Phi) is 1.08. The number of ether oxygens (including phenoxy) is 1. The summed E-state index contributed by atoms with van der Waals surface area (Å²) >= 11 is 0. The zero-order valence-electron chi connectivity index (χ0n) is 5.89. The van der Waals surface area contributed by atoms with Crippen LogP contribution in [0.25, 0.3) is 0 Å². The summed E-state index contributed by atoms with van der Waals surface area (Å²) in [6, 6.07) is 0. The Morgan fingerprint density at radius 3 is 2.44 bits per heavy atom. The average Bonchev–Trinajstić information content (AvgIpc) is 2.07. The van der Waals surface area contributed by atoms with Crippen molar-refractivity contribution in [1.29, 1.82) is 0 Å². The van der Waals surface area contributed by atoms with Crippen molar-refractivity contribution in [2.45, 2.75) is 25.0 Å². The zero-order valence-corrected chi connectivity index (χ0v) is 5.89. The second-order valence-corrected chi connectivity index (χ2v) is 3.07. The smallest absolute Gasteiger partial charge is 0.121 e. The Labute approximate surface area is 55.8 Å². The van der Waals surface area contributed by atoms with E-state index in [-0.39, 0.29) is 5.72 Å². The summed E-state index contributed by atoms with van der Waals surface area (Å²) in [6.07, 6.45) is 3.86. The Bertz CT molecular complexity index is 120. The van der Waals surface area contributed by atoms with E-state index in [1.807, 2.05) is 0 Å². The van der Waals surface area contributed by atoms with Crippen molar-refractivity contribution < 1.29 is 4.74 Å². The summed E-state index contributed by atoms with van der Waals surface area (Å²) in [6.45, 7) is 2.07. The van der Waals surface area contributed by atoms with Gasteiger partial charge in [0.1, 0.15) is 5.72 Å². The number of nitrogens with zero attached hydrogens (tertiary/aromatic N) is 1. The van der Waals surface area contributed by atoms with Crippen LogP contribution in [0.4, 0.5) is 0 Å². The number of rotatable bonds is 0. The monoisotopic (exact) mass is 127 g/mol. The van der Waals surface area contributed by atoms with Crippen LogP contribution < -0.4 is 0 Å². The van der Waals surface area contributed by atoms with Crippen LogP contribution in [-0.2, 0) is 4.74 Å². The van der Waals surface area contributed by atoms with Gasteiger partial charge in [-0.05, 0) is 26.3 Å². The summed E-state index contributed by atoms with van der Waals surface area (Å²) in [5, 5.41) is 0. The van der Waals surface area contributed by atoms with Crippen LogP contribution in [0.3, 0.4) is 0 Å². The molecule has 0 N–H and O–H groups in total. The normalized spacial score (nSPS) is 33.0. The highest BCUT2D eigenvalue weighted by atomic mass is 16.5. The fraction of sp³-hybridized carbons (Fsp3) is 1.00. The minimum atomic E-state index is 0.208. The molecule has 2 fully saturated rings. The van der Waals surface area contributed by atoms with Crippen molar-refractivity contribution >= 4 is 0 Å². The van der Waals surface area contributed by atoms with Gasteiger partial charge in [-0.2, -0.15) is 0 Å². The predicted molar refractivity (Wildman–Crippen MR) is 35.2 cm³/mol. The maximum Gasteiger partial charge on any atom is 0.121 e. The van der Waals surface area contributed by atoms with Crippen LogP contribution in [0.2, 0.25) is 0 Å². The topological polar surface area (TPSA) is 12.5 Å². The van der Waals surface area contributed by atoms with Gasteiger partial charge in [0.05, 0.1) is 6.61 Å². The first-order chi connectivity index (χ1) is 4.33. The van der Waals surface area contributed by atoms with Crippen LogP contribution in [0.15, 0.2) is 0 Å². The zero-order chi connectivity index (χ0) is 6.32. The molecule has 52 valence electrons. The van der Waals surface area contributed by atoms with Gasteiger partial charge in [0.2, 0.25) is 0 Å². The van der Waals surface area contributed by atoms with E-state index in [4.69, 9.17) is 4.74 Å². The molecule has 2 aliphatic rings. The molecule has 1 spiro atoms. The predicted octanol–water partition coefficient (Wildman–Crippen LogP) is 0.829. The van der Waals surface area contributed by atoms with Crippen molar-refractivity contribution in [2.75, 3.05) is 20.2 Å². The summed E-state index contributed by atoms with van der Waals surface area (Å²) in [7, 11) is 2.16. The van der Waals surface area contributed by atoms with Gasteiger partial charge in [-0.25, -0.2) is 0 Å². The van der Waals surface area contributed by atoms with E-state index >= 15 is 0 Å². The third-order valence-electron chi connectivity index (χ3n) is 2.63. The quantitative estimate of drug-likeness (QED) is 0.478. The molecule has 1 heterocycles. The summed E-state index contributed by atoms with van der Waals surface area (Å²) < 4.78 is 5.61. The van der Waals surface area contributed by atoms with Gasteiger partial charge in [0, 0.05) is 6.54 Å². The maximum atomic E-state index is 5.61. The Morgan fingerprint density at radius 2 is 2.22 bits per heavy atom. The molecular weight excluding hydrogens is 114 g/mol. The van der Waals surface area contributed by atoms with Crippen LogP contribution >= 0.6 is 0 Å². The molecule has 0 bridgehead atoms. The molecule has 0 aromatic rings. The fourth-order valence-electron chi connectivity index (χ4n) is 1.69. The Hall–Kier alpha value is -0.0800. The largest absolute Gasteiger partial charge is 0.359 e. The standard InChI is InChI=1S/C7H13NO/c1-8-5-6-9-7(8)3-2-4-7/h2-6H2,1H3. The first kappa shape index (κ1) is 5.69. The molecule has 0 amide bonds. The molecule has 2 heteroatoms. The van der Waals surface area contributed by atoms with E-state index in [2.05, 4.69) is 11.9 Å². The lowest BCUT2D eigenvalue weighted by Gasteiger charge is -2.42. The summed E-state index contributed by atoms with van der Waals surface area (Å²) in [5.74, 6) is 0. The molecule has 2 nitrogen and oxygen atoms in total. The van der Waals surface area contributed by atoms with Crippen LogP contribution in [0.5, 0.6) is 0 Å². The molecule has 1 aliphatic heterocycles. The minimum absolute atomic E-state index is 0.208. The van der Waals surface area contributed by atoms with E-state index in [1.165, 1.54) is 19.3 Å². The van der Waals surface area contributed by atoms with Crippen LogP contribution in [-0.4, -0.2) is 30.8 Å². The highest BCUT2D eigenvalue weighted by Crippen LogP contribution is 2.40. The molecule has 2 rings (SSSR count). The molecule has 1 saturated carbocycles. The molecule has 0 atom stereocenters. The molecule has 1 saturated heterocycles. The third-order valence-corrected chi connectivity index (χ3v) is 2.63. The molecule has 9 heavy (non-hydrogen) atoms. The molecule has 0 aromatic carbocycles. The molecule has 0 aromatic heterocycles. The van der Waals surface area contributed by atoms with Gasteiger partial charge >= 0.3 is 0 Å². The van der Waals surface area contributed by atoms with Gasteiger partial charge in [-0.15, -0.1) is 0 Å². The first-order valence-electron chi connectivity index (χ1n) is 3.69. The SMILES string of the molecule is CN1CCOC12CCC2. The van der Waals surface area contributed by atoms with Gasteiger partial charge in [0.15, 0.2) is 0 Å². The lowest BCUT2D eigenvalue weighted by atomic mass is 9.87. The molecule has 0 radical (unpaired) electrons. The van der Waals surface area contributed by atoms with Crippen molar-refractivity contribution in [3.8, 4) is 0 Å².